The number of hydrogen-bond donors (Lipinski definition) is 1. The van der Waals surface area contributed by atoms with Gasteiger partial charge >= 0.3 is 6.03 Å². The maximum Gasteiger partial charge on any atom is 0.317 e. The van der Waals surface area contributed by atoms with Crippen molar-refractivity contribution in [3.8, 4) is 5.88 Å². The van der Waals surface area contributed by atoms with E-state index in [0.29, 0.717) is 25.1 Å². The van der Waals surface area contributed by atoms with Crippen molar-refractivity contribution in [1.29, 1.82) is 0 Å². The zero-order valence-corrected chi connectivity index (χ0v) is 13.8. The van der Waals surface area contributed by atoms with Gasteiger partial charge in [-0.15, -0.1) is 0 Å². The largest absolute Gasteiger partial charge is 0.478 e. The molecular weight excluding hydrogens is 292 g/mol. The molecule has 2 aliphatic heterocycles. The normalized spacial score (nSPS) is 21.6. The summed E-state index contributed by atoms with van der Waals surface area (Å²) in [6.07, 6.45) is 5.38. The van der Waals surface area contributed by atoms with Crippen LogP contribution in [0.25, 0.3) is 0 Å². The van der Waals surface area contributed by atoms with Gasteiger partial charge in [-0.1, -0.05) is 6.07 Å². The molecule has 0 aliphatic carbocycles. The van der Waals surface area contributed by atoms with Crippen molar-refractivity contribution in [2.24, 2.45) is 0 Å². The Morgan fingerprint density at radius 2 is 2.22 bits per heavy atom. The van der Waals surface area contributed by atoms with Gasteiger partial charge in [0.2, 0.25) is 5.88 Å². The van der Waals surface area contributed by atoms with E-state index in [1.54, 1.807) is 6.20 Å². The lowest BCUT2D eigenvalue weighted by molar-refractivity contribution is 0.198. The number of carbonyl (C=O) groups is 1. The molecule has 2 amide bonds. The Hall–Kier alpha value is -1.82. The van der Waals surface area contributed by atoms with E-state index in [-0.39, 0.29) is 6.03 Å². The summed E-state index contributed by atoms with van der Waals surface area (Å²) in [5, 5.41) is 3.00. The molecule has 0 spiro atoms. The molecule has 0 unspecified atom stereocenters. The molecule has 2 aliphatic rings. The van der Waals surface area contributed by atoms with Crippen molar-refractivity contribution in [2.75, 3.05) is 32.8 Å². The zero-order valence-electron chi connectivity index (χ0n) is 13.8. The van der Waals surface area contributed by atoms with Crippen LogP contribution in [0, 0.1) is 0 Å². The zero-order chi connectivity index (χ0) is 16.1. The monoisotopic (exact) mass is 318 g/mol. The third kappa shape index (κ3) is 3.93. The number of nitrogens with zero attached hydrogens (tertiary/aromatic N) is 3. The Labute approximate surface area is 137 Å². The number of nitrogens with one attached hydrogen (secondary N) is 1. The van der Waals surface area contributed by atoms with E-state index in [4.69, 9.17) is 4.74 Å². The number of rotatable bonds is 5. The van der Waals surface area contributed by atoms with E-state index in [1.807, 2.05) is 24.0 Å². The first-order valence-electron chi connectivity index (χ1n) is 8.61. The van der Waals surface area contributed by atoms with Gasteiger partial charge < -0.3 is 15.0 Å². The molecule has 3 heterocycles. The molecule has 0 saturated carbocycles. The molecular formula is C17H26N4O2. The van der Waals surface area contributed by atoms with Gasteiger partial charge in [0.1, 0.15) is 0 Å². The first-order chi connectivity index (χ1) is 11.3. The molecule has 2 fully saturated rings. The fourth-order valence-corrected chi connectivity index (χ4v) is 3.44. The summed E-state index contributed by atoms with van der Waals surface area (Å²) in [7, 11) is 0. The molecule has 1 aromatic rings. The quantitative estimate of drug-likeness (QED) is 0.900. The maximum absolute atomic E-state index is 12.4. The molecule has 6 heteroatoms. The highest BCUT2D eigenvalue weighted by molar-refractivity contribution is 5.74. The Kier molecular flexibility index (Phi) is 5.33. The number of urea groups is 1. The number of pyridine rings is 1. The molecule has 1 aromatic heterocycles. The first kappa shape index (κ1) is 16.1. The van der Waals surface area contributed by atoms with Crippen LogP contribution in [0.1, 0.15) is 31.7 Å². The van der Waals surface area contributed by atoms with Crippen LogP contribution in [0.3, 0.4) is 0 Å². The van der Waals surface area contributed by atoms with Crippen LogP contribution in [0.2, 0.25) is 0 Å². The summed E-state index contributed by atoms with van der Waals surface area (Å²) in [5.74, 6) is 0.603. The Bertz CT molecular complexity index is 531. The smallest absolute Gasteiger partial charge is 0.317 e. The van der Waals surface area contributed by atoms with E-state index in [1.165, 1.54) is 25.9 Å². The molecule has 126 valence electrons. The summed E-state index contributed by atoms with van der Waals surface area (Å²) in [5.41, 5.74) is 0.915. The predicted molar refractivity (Wildman–Crippen MR) is 88.4 cm³/mol. The summed E-state index contributed by atoms with van der Waals surface area (Å²) >= 11 is 0. The molecule has 2 saturated heterocycles. The third-order valence-corrected chi connectivity index (χ3v) is 4.67. The number of ether oxygens (including phenoxy) is 1. The second-order valence-corrected chi connectivity index (χ2v) is 6.19. The third-order valence-electron chi connectivity index (χ3n) is 4.67. The van der Waals surface area contributed by atoms with Gasteiger partial charge in [0.05, 0.1) is 6.61 Å². The molecule has 0 radical (unpaired) electrons. The minimum atomic E-state index is 0.0120. The van der Waals surface area contributed by atoms with Crippen LogP contribution in [-0.2, 0) is 6.54 Å². The van der Waals surface area contributed by atoms with Crippen molar-refractivity contribution in [3.63, 3.8) is 0 Å². The minimum absolute atomic E-state index is 0.0120. The van der Waals surface area contributed by atoms with Crippen LogP contribution >= 0.6 is 0 Å². The molecule has 6 nitrogen and oxygen atoms in total. The van der Waals surface area contributed by atoms with Gasteiger partial charge in [0.25, 0.3) is 0 Å². The van der Waals surface area contributed by atoms with Crippen LogP contribution in [0.4, 0.5) is 4.79 Å². The van der Waals surface area contributed by atoms with Crippen LogP contribution in [-0.4, -0.2) is 59.6 Å². The van der Waals surface area contributed by atoms with Gasteiger partial charge in [0.15, 0.2) is 0 Å². The summed E-state index contributed by atoms with van der Waals surface area (Å²) in [6.45, 7) is 7.02. The first-order valence-corrected chi connectivity index (χ1v) is 8.61. The Balaban J connectivity index is 1.50. The average molecular weight is 318 g/mol. The number of likely N-dealkylation sites (tertiary alicyclic amines) is 2. The van der Waals surface area contributed by atoms with Gasteiger partial charge in [-0.2, -0.15) is 0 Å². The summed E-state index contributed by atoms with van der Waals surface area (Å²) in [6, 6.07) is 4.36. The standard InChI is InChI=1S/C17H26N4O2/c1-2-23-16-14(6-5-8-18-16)12-19-17(22)21-11-7-15(13-21)20-9-3-4-10-20/h5-6,8,15H,2-4,7,9-13H2,1H3,(H,19,22)/t15-/m1/s1. The lowest BCUT2D eigenvalue weighted by Gasteiger charge is -2.23. The van der Waals surface area contributed by atoms with Crippen molar-refractivity contribution < 1.29 is 9.53 Å². The average Bonchev–Trinajstić information content (AvgIpc) is 3.25. The van der Waals surface area contributed by atoms with Crippen molar-refractivity contribution in [1.82, 2.24) is 20.1 Å². The van der Waals surface area contributed by atoms with Crippen LogP contribution in [0.15, 0.2) is 18.3 Å². The molecule has 1 N–H and O–H groups in total. The van der Waals surface area contributed by atoms with E-state index < -0.39 is 0 Å². The summed E-state index contributed by atoms with van der Waals surface area (Å²) < 4.78 is 5.50. The van der Waals surface area contributed by atoms with Gasteiger partial charge in [-0.25, -0.2) is 9.78 Å². The highest BCUT2D eigenvalue weighted by atomic mass is 16.5. The molecule has 3 rings (SSSR count). The second kappa shape index (κ2) is 7.64. The lowest BCUT2D eigenvalue weighted by Crippen LogP contribution is -2.41. The van der Waals surface area contributed by atoms with E-state index in [0.717, 1.165) is 25.1 Å². The number of amides is 2. The number of hydrogen-bond acceptors (Lipinski definition) is 4. The van der Waals surface area contributed by atoms with E-state index in [9.17, 15) is 4.79 Å². The fraction of sp³-hybridized carbons (Fsp3) is 0.647. The van der Waals surface area contributed by atoms with Crippen molar-refractivity contribution in [3.05, 3.63) is 23.9 Å². The van der Waals surface area contributed by atoms with Gasteiger partial charge in [-0.3, -0.25) is 4.90 Å². The number of aromatic nitrogens is 1. The highest BCUT2D eigenvalue weighted by Gasteiger charge is 2.31. The predicted octanol–water partition coefficient (Wildman–Crippen LogP) is 1.86. The molecule has 23 heavy (non-hydrogen) atoms. The second-order valence-electron chi connectivity index (χ2n) is 6.19. The van der Waals surface area contributed by atoms with Crippen molar-refractivity contribution >= 4 is 6.03 Å². The van der Waals surface area contributed by atoms with Crippen LogP contribution < -0.4 is 10.1 Å². The molecule has 1 atom stereocenters. The number of carbonyl (C=O) groups excluding carboxylic acids is 1. The highest BCUT2D eigenvalue weighted by Crippen LogP contribution is 2.20. The van der Waals surface area contributed by atoms with E-state index in [2.05, 4.69) is 15.2 Å². The molecule has 0 aromatic carbocycles. The Morgan fingerprint density at radius 1 is 1.39 bits per heavy atom. The van der Waals surface area contributed by atoms with Gasteiger partial charge in [-0.05, 0) is 45.3 Å². The summed E-state index contributed by atoms with van der Waals surface area (Å²) in [4.78, 5) is 21.1. The maximum atomic E-state index is 12.4. The minimum Gasteiger partial charge on any atom is -0.478 e. The molecule has 0 bridgehead atoms. The van der Waals surface area contributed by atoms with Crippen molar-refractivity contribution in [2.45, 2.75) is 38.8 Å². The topological polar surface area (TPSA) is 57.7 Å². The van der Waals surface area contributed by atoms with Crippen LogP contribution in [0.5, 0.6) is 5.88 Å². The van der Waals surface area contributed by atoms with E-state index >= 15 is 0 Å². The SMILES string of the molecule is CCOc1ncccc1CNC(=O)N1CC[C@@H](N2CCCC2)C1. The lowest BCUT2D eigenvalue weighted by atomic mass is 10.2. The Morgan fingerprint density at radius 3 is 3.00 bits per heavy atom. The fourth-order valence-electron chi connectivity index (χ4n) is 3.44. The van der Waals surface area contributed by atoms with Gasteiger partial charge in [0, 0.05) is 37.4 Å².